The van der Waals surface area contributed by atoms with Crippen LogP contribution in [0.2, 0.25) is 0 Å². The maximum Gasteiger partial charge on any atom is 4.00 e. The van der Waals surface area contributed by atoms with Crippen molar-refractivity contribution in [1.29, 1.82) is 0 Å². The molecule has 17 heteroatoms. The first-order valence-corrected chi connectivity index (χ1v) is 6.10. The SMILES string of the molecule is O.O=S(=O)(O)O.O=S(=O)([O-])[O-].O=S(=O)([O-])[O-].[Ti+4]. The minimum atomic E-state index is -5.17. The Kier molecular flexibility index (Phi) is 20.3. The van der Waals surface area contributed by atoms with E-state index < -0.39 is 31.2 Å². The standard InChI is InChI=1S/3H2O4S.H2O.Ti/c3*1-5(2,3)4;;/h3*(H2,1,2,3,4);1H2;/q;;;;+4/p-4. The van der Waals surface area contributed by atoms with Gasteiger partial charge >= 0.3 is 32.1 Å². The number of hydrogen-bond donors (Lipinski definition) is 2. The average molecular weight is 356 g/mol. The maximum absolute atomic E-state index is 8.74. The van der Waals surface area contributed by atoms with Crippen LogP contribution in [-0.2, 0) is 52.9 Å². The molecule has 0 radical (unpaired) electrons. The molecule has 0 aliphatic rings. The predicted molar refractivity (Wildman–Crippen MR) is 38.7 cm³/mol. The van der Waals surface area contributed by atoms with E-state index in [2.05, 4.69) is 0 Å². The number of hydrogen-bond acceptors (Lipinski definition) is 10. The Morgan fingerprint density at radius 3 is 0.647 bits per heavy atom. The Morgan fingerprint density at radius 2 is 0.647 bits per heavy atom. The van der Waals surface area contributed by atoms with E-state index in [0.29, 0.717) is 0 Å². The molecule has 0 amide bonds. The first kappa shape index (κ1) is 30.4. The van der Waals surface area contributed by atoms with Crippen molar-refractivity contribution in [3.63, 3.8) is 0 Å². The summed E-state index contributed by atoms with van der Waals surface area (Å²) in [6.45, 7) is 0. The zero-order valence-corrected chi connectivity index (χ0v) is 11.2. The van der Waals surface area contributed by atoms with Gasteiger partial charge in [0.25, 0.3) is 0 Å². The van der Waals surface area contributed by atoms with Gasteiger partial charge in [0.15, 0.2) is 0 Å². The smallest absolute Gasteiger partial charge is 0.759 e. The van der Waals surface area contributed by atoms with Gasteiger partial charge in [0.1, 0.15) is 0 Å². The van der Waals surface area contributed by atoms with Crippen LogP contribution in [0.3, 0.4) is 0 Å². The van der Waals surface area contributed by atoms with Gasteiger partial charge in [0.2, 0.25) is 0 Å². The van der Waals surface area contributed by atoms with Crippen molar-refractivity contribution in [2.24, 2.45) is 0 Å². The fourth-order valence-electron chi connectivity index (χ4n) is 0. The fourth-order valence-corrected chi connectivity index (χ4v) is 0. The van der Waals surface area contributed by atoms with Crippen LogP contribution >= 0.6 is 0 Å². The molecule has 0 bridgehead atoms. The molecule has 0 aliphatic heterocycles. The Bertz CT molecular complexity index is 338. The molecule has 13 nitrogen and oxygen atoms in total. The van der Waals surface area contributed by atoms with Crippen LogP contribution in [-0.4, -0.2) is 58.0 Å². The average Bonchev–Trinajstić information content (AvgIpc) is 1.41. The van der Waals surface area contributed by atoms with Gasteiger partial charge in [-0.1, -0.05) is 0 Å². The zero-order chi connectivity index (χ0) is 13.5. The van der Waals surface area contributed by atoms with E-state index in [4.69, 9.17) is 52.6 Å². The third-order valence-electron chi connectivity index (χ3n) is 0. The molecule has 104 valence electrons. The van der Waals surface area contributed by atoms with Crippen molar-refractivity contribution in [2.75, 3.05) is 0 Å². The normalized spacial score (nSPS) is 10.2. The summed E-state index contributed by atoms with van der Waals surface area (Å²) in [6.07, 6.45) is 0. The van der Waals surface area contributed by atoms with Gasteiger partial charge < -0.3 is 23.7 Å². The predicted octanol–water partition coefficient (Wildman–Crippen LogP) is -4.16. The van der Waals surface area contributed by atoms with Crippen LogP contribution in [0.15, 0.2) is 0 Å². The zero-order valence-electron chi connectivity index (χ0n) is 7.20. The molecule has 0 saturated carbocycles. The molecule has 0 aromatic carbocycles. The fraction of sp³-hybridized carbons (Fsp3) is 0. The van der Waals surface area contributed by atoms with E-state index in [1.165, 1.54) is 0 Å². The molecule has 0 rings (SSSR count). The van der Waals surface area contributed by atoms with Crippen LogP contribution in [0.5, 0.6) is 0 Å². The Hall–Kier alpha value is 0.284. The molecular weight excluding hydrogens is 352 g/mol. The summed E-state index contributed by atoms with van der Waals surface area (Å²) < 4.78 is 99.7. The summed E-state index contributed by atoms with van der Waals surface area (Å²) in [6, 6.07) is 0. The minimum Gasteiger partial charge on any atom is -0.759 e. The topological polar surface area (TPSA) is 267 Å². The summed E-state index contributed by atoms with van der Waals surface area (Å²) in [5, 5.41) is 0. The van der Waals surface area contributed by atoms with Crippen molar-refractivity contribution in [3.05, 3.63) is 0 Å². The van der Waals surface area contributed by atoms with E-state index >= 15 is 0 Å². The summed E-state index contributed by atoms with van der Waals surface area (Å²) in [4.78, 5) is 0. The molecule has 0 aromatic rings. The molecule has 17 heavy (non-hydrogen) atoms. The van der Waals surface area contributed by atoms with E-state index in [9.17, 15) is 0 Å². The molecule has 0 aromatic heterocycles. The Labute approximate surface area is 111 Å². The summed E-state index contributed by atoms with van der Waals surface area (Å²) in [5.41, 5.74) is 0. The second-order valence-corrected chi connectivity index (χ2v) is 3.79. The summed E-state index contributed by atoms with van der Waals surface area (Å²) in [7, 11) is -15.0. The molecule has 0 fully saturated rings. The van der Waals surface area contributed by atoms with Crippen molar-refractivity contribution in [3.8, 4) is 0 Å². The number of rotatable bonds is 0. The van der Waals surface area contributed by atoms with E-state index in [1.54, 1.807) is 0 Å². The summed E-state index contributed by atoms with van der Waals surface area (Å²) in [5.74, 6) is 0. The molecule has 0 atom stereocenters. The van der Waals surface area contributed by atoms with Crippen molar-refractivity contribution >= 4 is 31.2 Å². The molecule has 4 N–H and O–H groups in total. The molecule has 0 spiro atoms. The monoisotopic (exact) mass is 356 g/mol. The van der Waals surface area contributed by atoms with Gasteiger partial charge in [-0.25, -0.2) is 0 Å². The third-order valence-corrected chi connectivity index (χ3v) is 0. The van der Waals surface area contributed by atoms with Gasteiger partial charge in [-0.3, -0.25) is 25.9 Å². The molecular formula is H4O13S3Ti. The van der Waals surface area contributed by atoms with E-state index in [-0.39, 0.29) is 27.2 Å². The largest absolute Gasteiger partial charge is 4.00 e. The van der Waals surface area contributed by atoms with Crippen LogP contribution < -0.4 is 0 Å². The van der Waals surface area contributed by atoms with Gasteiger partial charge in [0.05, 0.1) is 0 Å². The van der Waals surface area contributed by atoms with Crippen LogP contribution in [0.1, 0.15) is 0 Å². The van der Waals surface area contributed by atoms with Crippen LogP contribution in [0, 0.1) is 0 Å². The Morgan fingerprint density at radius 1 is 0.647 bits per heavy atom. The van der Waals surface area contributed by atoms with Crippen LogP contribution in [0.25, 0.3) is 0 Å². The first-order chi connectivity index (χ1) is 6.00. The third kappa shape index (κ3) is 41100. The molecule has 0 aliphatic carbocycles. The second-order valence-electron chi connectivity index (χ2n) is 1.26. The van der Waals surface area contributed by atoms with Crippen molar-refractivity contribution < 1.29 is 79.8 Å². The summed E-state index contributed by atoms with van der Waals surface area (Å²) >= 11 is 0. The first-order valence-electron chi connectivity index (χ1n) is 2.03. The maximum atomic E-state index is 8.74. The molecule has 0 heterocycles. The van der Waals surface area contributed by atoms with Gasteiger partial charge in [-0.2, -0.15) is 8.42 Å². The Balaban J connectivity index is -0.0000000400. The molecule has 0 unspecified atom stereocenters. The van der Waals surface area contributed by atoms with E-state index in [1.807, 2.05) is 0 Å². The van der Waals surface area contributed by atoms with Gasteiger partial charge in [0, 0.05) is 20.8 Å². The van der Waals surface area contributed by atoms with E-state index in [0.717, 1.165) is 0 Å². The molecule has 0 saturated heterocycles. The van der Waals surface area contributed by atoms with Crippen LogP contribution in [0.4, 0.5) is 0 Å². The van der Waals surface area contributed by atoms with Gasteiger partial charge in [-0.15, -0.1) is 0 Å². The van der Waals surface area contributed by atoms with Crippen molar-refractivity contribution in [1.82, 2.24) is 0 Å². The van der Waals surface area contributed by atoms with Crippen molar-refractivity contribution in [2.45, 2.75) is 0 Å². The quantitative estimate of drug-likeness (QED) is 0.238. The minimum absolute atomic E-state index is 0. The van der Waals surface area contributed by atoms with Gasteiger partial charge in [-0.05, 0) is 0 Å². The second kappa shape index (κ2) is 11.4.